The molecule has 0 spiro atoms. The Balaban J connectivity index is 2.31. The molecular weight excluding hydrogens is 260 g/mol. The molecule has 0 amide bonds. The normalized spacial score (nSPS) is 18.4. The second-order valence-electron chi connectivity index (χ2n) is 4.81. The fourth-order valence-corrected chi connectivity index (χ4v) is 2.31. The van der Waals surface area contributed by atoms with Crippen molar-refractivity contribution in [3.05, 3.63) is 22.5 Å². The lowest BCUT2D eigenvalue weighted by atomic mass is 10.0. The lowest BCUT2D eigenvalue weighted by Gasteiger charge is -2.09. The Morgan fingerprint density at radius 2 is 1.90 bits per heavy atom. The van der Waals surface area contributed by atoms with Crippen LogP contribution in [-0.4, -0.2) is 31.8 Å². The molecule has 0 aromatic carbocycles. The summed E-state index contributed by atoms with van der Waals surface area (Å²) in [5, 5.41) is 0. The number of hydrogen-bond donors (Lipinski definition) is 0. The first-order chi connectivity index (χ1) is 9.62. The number of ether oxygens (including phenoxy) is 3. The van der Waals surface area contributed by atoms with Crippen LogP contribution in [0.4, 0.5) is 0 Å². The van der Waals surface area contributed by atoms with Gasteiger partial charge in [0.15, 0.2) is 0 Å². The molecule has 0 radical (unpaired) electrons. The predicted molar refractivity (Wildman–Crippen MR) is 71.7 cm³/mol. The number of methoxy groups -OCH3 is 1. The van der Waals surface area contributed by atoms with Crippen LogP contribution in [0, 0.1) is 0 Å². The Labute approximate surface area is 118 Å². The summed E-state index contributed by atoms with van der Waals surface area (Å²) in [5.74, 6) is -0.267. The lowest BCUT2D eigenvalue weighted by molar-refractivity contribution is -0.138. The first-order valence-electron chi connectivity index (χ1n) is 6.99. The van der Waals surface area contributed by atoms with E-state index >= 15 is 0 Å². The molecule has 0 N–H and O–H groups in total. The fraction of sp³-hybridized carbons (Fsp3) is 0.600. The standard InChI is InChI=1S/C15H20O5/c1-4-10-11(14(16)19-5-2)8-12(20-9-6-7-9)13(10)15(17)18-3/h9H,4-8H2,1-3H3. The van der Waals surface area contributed by atoms with Gasteiger partial charge in [-0.1, -0.05) is 6.92 Å². The third-order valence-electron chi connectivity index (χ3n) is 3.38. The van der Waals surface area contributed by atoms with Crippen molar-refractivity contribution in [1.82, 2.24) is 0 Å². The summed E-state index contributed by atoms with van der Waals surface area (Å²) < 4.78 is 15.7. The fourth-order valence-electron chi connectivity index (χ4n) is 2.31. The smallest absolute Gasteiger partial charge is 0.341 e. The summed E-state index contributed by atoms with van der Waals surface area (Å²) in [4.78, 5) is 24.0. The summed E-state index contributed by atoms with van der Waals surface area (Å²) in [7, 11) is 1.33. The minimum atomic E-state index is -0.447. The topological polar surface area (TPSA) is 61.8 Å². The van der Waals surface area contributed by atoms with Crippen molar-refractivity contribution in [3.63, 3.8) is 0 Å². The van der Waals surface area contributed by atoms with E-state index < -0.39 is 5.97 Å². The number of esters is 2. The van der Waals surface area contributed by atoms with E-state index in [1.165, 1.54) is 7.11 Å². The highest BCUT2D eigenvalue weighted by atomic mass is 16.5. The van der Waals surface area contributed by atoms with Gasteiger partial charge >= 0.3 is 11.9 Å². The summed E-state index contributed by atoms with van der Waals surface area (Å²) in [6.07, 6.45) is 3.05. The number of hydrogen-bond acceptors (Lipinski definition) is 5. The summed E-state index contributed by atoms with van der Waals surface area (Å²) >= 11 is 0. The Kier molecular flexibility index (Phi) is 4.47. The van der Waals surface area contributed by atoms with Crippen LogP contribution in [0.25, 0.3) is 0 Å². The van der Waals surface area contributed by atoms with Gasteiger partial charge in [-0.2, -0.15) is 0 Å². The summed E-state index contributed by atoms with van der Waals surface area (Å²) in [6, 6.07) is 0. The third-order valence-corrected chi connectivity index (χ3v) is 3.38. The van der Waals surface area contributed by atoms with Gasteiger partial charge < -0.3 is 14.2 Å². The molecule has 0 aromatic rings. The van der Waals surface area contributed by atoms with E-state index in [0.29, 0.717) is 41.9 Å². The van der Waals surface area contributed by atoms with Crippen LogP contribution >= 0.6 is 0 Å². The minimum absolute atomic E-state index is 0.171. The molecule has 0 aromatic heterocycles. The summed E-state index contributed by atoms with van der Waals surface area (Å²) in [5.41, 5.74) is 1.61. The van der Waals surface area contributed by atoms with E-state index in [0.717, 1.165) is 12.8 Å². The van der Waals surface area contributed by atoms with Gasteiger partial charge in [0.2, 0.25) is 0 Å². The maximum Gasteiger partial charge on any atom is 0.341 e. The molecule has 2 aliphatic rings. The number of rotatable bonds is 6. The molecule has 5 heteroatoms. The van der Waals surface area contributed by atoms with Crippen molar-refractivity contribution in [3.8, 4) is 0 Å². The van der Waals surface area contributed by atoms with Crippen LogP contribution in [0.5, 0.6) is 0 Å². The molecule has 1 saturated carbocycles. The lowest BCUT2D eigenvalue weighted by Crippen LogP contribution is -2.10. The molecule has 2 rings (SSSR count). The second-order valence-corrected chi connectivity index (χ2v) is 4.81. The molecule has 5 nitrogen and oxygen atoms in total. The van der Waals surface area contributed by atoms with Crippen molar-refractivity contribution >= 4 is 11.9 Å². The van der Waals surface area contributed by atoms with Crippen LogP contribution in [0.2, 0.25) is 0 Å². The molecule has 0 aliphatic heterocycles. The van der Waals surface area contributed by atoms with E-state index in [9.17, 15) is 9.59 Å². The number of carbonyl (C=O) groups is 2. The van der Waals surface area contributed by atoms with Gasteiger partial charge in [0.25, 0.3) is 0 Å². The van der Waals surface area contributed by atoms with Crippen molar-refractivity contribution < 1.29 is 23.8 Å². The van der Waals surface area contributed by atoms with Gasteiger partial charge in [-0.05, 0) is 31.8 Å². The molecule has 0 heterocycles. The Bertz CT molecular complexity index is 482. The molecule has 0 bridgehead atoms. The van der Waals surface area contributed by atoms with Gasteiger partial charge in [0.05, 0.1) is 19.8 Å². The maximum absolute atomic E-state index is 12.0. The van der Waals surface area contributed by atoms with Crippen LogP contribution < -0.4 is 0 Å². The predicted octanol–water partition coefficient (Wildman–Crippen LogP) is 2.27. The van der Waals surface area contributed by atoms with E-state index in [2.05, 4.69) is 0 Å². The molecule has 2 aliphatic carbocycles. The highest BCUT2D eigenvalue weighted by Crippen LogP contribution is 2.39. The van der Waals surface area contributed by atoms with Crippen molar-refractivity contribution in [2.45, 2.75) is 45.6 Å². The molecule has 110 valence electrons. The Hall–Kier alpha value is -1.78. The zero-order valence-electron chi connectivity index (χ0n) is 12.2. The van der Waals surface area contributed by atoms with E-state index in [1.807, 2.05) is 6.92 Å². The molecule has 0 unspecified atom stereocenters. The maximum atomic E-state index is 12.0. The highest BCUT2D eigenvalue weighted by molar-refractivity contribution is 6.01. The van der Waals surface area contributed by atoms with E-state index in [4.69, 9.17) is 14.2 Å². The SMILES string of the molecule is CCOC(=O)C1=C(CC)C(C(=O)OC)=C(OC2CC2)C1. The van der Waals surface area contributed by atoms with Crippen LogP contribution in [-0.2, 0) is 23.8 Å². The van der Waals surface area contributed by atoms with E-state index in [1.54, 1.807) is 6.92 Å². The zero-order chi connectivity index (χ0) is 14.7. The third kappa shape index (κ3) is 2.86. The van der Waals surface area contributed by atoms with Crippen LogP contribution in [0.15, 0.2) is 22.5 Å². The van der Waals surface area contributed by atoms with E-state index in [-0.39, 0.29) is 12.1 Å². The highest BCUT2D eigenvalue weighted by Gasteiger charge is 2.36. The zero-order valence-corrected chi connectivity index (χ0v) is 12.2. The molecule has 1 fully saturated rings. The average molecular weight is 280 g/mol. The molecule has 0 atom stereocenters. The van der Waals surface area contributed by atoms with Crippen molar-refractivity contribution in [2.24, 2.45) is 0 Å². The number of carbonyl (C=O) groups excluding carboxylic acids is 2. The van der Waals surface area contributed by atoms with Gasteiger partial charge in [0, 0.05) is 12.0 Å². The van der Waals surface area contributed by atoms with Crippen LogP contribution in [0.1, 0.15) is 39.5 Å². The van der Waals surface area contributed by atoms with Gasteiger partial charge in [-0.15, -0.1) is 0 Å². The van der Waals surface area contributed by atoms with Crippen LogP contribution in [0.3, 0.4) is 0 Å². The largest absolute Gasteiger partial charge is 0.494 e. The summed E-state index contributed by atoms with van der Waals surface area (Å²) in [6.45, 7) is 3.97. The van der Waals surface area contributed by atoms with Crippen molar-refractivity contribution in [1.29, 1.82) is 0 Å². The Morgan fingerprint density at radius 1 is 1.20 bits per heavy atom. The molecular formula is C15H20O5. The van der Waals surface area contributed by atoms with Gasteiger partial charge in [-0.25, -0.2) is 9.59 Å². The monoisotopic (exact) mass is 280 g/mol. The first kappa shape index (κ1) is 14.6. The van der Waals surface area contributed by atoms with Gasteiger partial charge in [-0.3, -0.25) is 0 Å². The average Bonchev–Trinajstić information content (AvgIpc) is 3.17. The molecule has 0 saturated heterocycles. The second kappa shape index (κ2) is 6.11. The minimum Gasteiger partial charge on any atom is -0.494 e. The van der Waals surface area contributed by atoms with Crippen molar-refractivity contribution in [2.75, 3.05) is 13.7 Å². The Morgan fingerprint density at radius 3 is 2.40 bits per heavy atom. The first-order valence-corrected chi connectivity index (χ1v) is 6.99. The molecule has 20 heavy (non-hydrogen) atoms. The van der Waals surface area contributed by atoms with Gasteiger partial charge in [0.1, 0.15) is 11.3 Å². The number of allylic oxidation sites excluding steroid dienone is 1. The quantitative estimate of drug-likeness (QED) is 0.698.